The first-order chi connectivity index (χ1) is 8.86. The van der Waals surface area contributed by atoms with E-state index in [1.165, 1.54) is 9.35 Å². The van der Waals surface area contributed by atoms with Crippen LogP contribution in [0.4, 0.5) is 0 Å². The fraction of sp³-hybridized carbons (Fsp3) is 0.692. The zero-order valence-corrected chi connectivity index (χ0v) is 13.0. The summed E-state index contributed by atoms with van der Waals surface area (Å²) in [7, 11) is 0. The van der Waals surface area contributed by atoms with Gasteiger partial charge in [-0.15, -0.1) is 11.3 Å². The SMILES string of the molecule is Brc1ccsc1CNCCCOC1CCNCC1. The lowest BCUT2D eigenvalue weighted by Crippen LogP contribution is -2.32. The number of ether oxygens (including phenoxy) is 1. The van der Waals surface area contributed by atoms with E-state index < -0.39 is 0 Å². The molecule has 1 saturated heterocycles. The molecule has 0 unspecified atom stereocenters. The normalized spacial score (nSPS) is 17.2. The molecule has 0 bridgehead atoms. The van der Waals surface area contributed by atoms with Crippen molar-refractivity contribution >= 4 is 27.3 Å². The molecule has 1 fully saturated rings. The molecule has 102 valence electrons. The summed E-state index contributed by atoms with van der Waals surface area (Å²) in [5.74, 6) is 0. The first-order valence-electron chi connectivity index (χ1n) is 6.61. The lowest BCUT2D eigenvalue weighted by molar-refractivity contribution is 0.0317. The minimum atomic E-state index is 0.484. The molecule has 3 nitrogen and oxygen atoms in total. The van der Waals surface area contributed by atoms with E-state index in [0.29, 0.717) is 6.10 Å². The molecule has 1 aromatic heterocycles. The standard InChI is InChI=1S/C13H21BrN2OS/c14-12-4-9-18-13(12)10-16-5-1-8-17-11-2-6-15-7-3-11/h4,9,11,15-16H,1-3,5-8,10H2. The van der Waals surface area contributed by atoms with E-state index in [9.17, 15) is 0 Å². The van der Waals surface area contributed by atoms with Crippen LogP contribution in [0, 0.1) is 0 Å². The van der Waals surface area contributed by atoms with Crippen molar-refractivity contribution in [2.75, 3.05) is 26.2 Å². The highest BCUT2D eigenvalue weighted by molar-refractivity contribution is 9.10. The van der Waals surface area contributed by atoms with Crippen LogP contribution in [0.15, 0.2) is 15.9 Å². The Labute approximate surface area is 121 Å². The second kappa shape index (κ2) is 8.27. The predicted octanol–water partition coefficient (Wildman–Crippen LogP) is 2.76. The van der Waals surface area contributed by atoms with Crippen LogP contribution in [0.25, 0.3) is 0 Å². The maximum atomic E-state index is 5.86. The van der Waals surface area contributed by atoms with E-state index in [0.717, 1.165) is 52.0 Å². The van der Waals surface area contributed by atoms with Gasteiger partial charge in [-0.05, 0) is 66.3 Å². The van der Waals surface area contributed by atoms with Crippen molar-refractivity contribution in [3.05, 3.63) is 20.8 Å². The first-order valence-corrected chi connectivity index (χ1v) is 8.28. The molecule has 2 heterocycles. The topological polar surface area (TPSA) is 33.3 Å². The molecule has 0 amide bonds. The fourth-order valence-corrected chi connectivity index (χ4v) is 3.52. The summed E-state index contributed by atoms with van der Waals surface area (Å²) in [6.45, 7) is 5.06. The van der Waals surface area contributed by atoms with Crippen LogP contribution in [0.3, 0.4) is 0 Å². The van der Waals surface area contributed by atoms with Crippen LogP contribution in [-0.2, 0) is 11.3 Å². The molecule has 5 heteroatoms. The van der Waals surface area contributed by atoms with Gasteiger partial charge in [0, 0.05) is 22.5 Å². The number of rotatable bonds is 7. The number of thiophene rings is 1. The van der Waals surface area contributed by atoms with Crippen molar-refractivity contribution in [1.82, 2.24) is 10.6 Å². The summed E-state index contributed by atoms with van der Waals surface area (Å²) in [5.41, 5.74) is 0. The number of nitrogens with one attached hydrogen (secondary N) is 2. The third-order valence-corrected chi connectivity index (χ3v) is 5.04. The average Bonchev–Trinajstić information content (AvgIpc) is 2.81. The third kappa shape index (κ3) is 4.97. The molecule has 2 N–H and O–H groups in total. The van der Waals surface area contributed by atoms with E-state index in [2.05, 4.69) is 38.0 Å². The highest BCUT2D eigenvalue weighted by Crippen LogP contribution is 2.21. The Kier molecular flexibility index (Phi) is 6.65. The lowest BCUT2D eigenvalue weighted by atomic mass is 10.1. The van der Waals surface area contributed by atoms with Crippen LogP contribution in [-0.4, -0.2) is 32.3 Å². The average molecular weight is 333 g/mol. The van der Waals surface area contributed by atoms with Gasteiger partial charge in [-0.25, -0.2) is 0 Å². The van der Waals surface area contributed by atoms with Crippen LogP contribution >= 0.6 is 27.3 Å². The summed E-state index contributed by atoms with van der Waals surface area (Å²) in [4.78, 5) is 1.37. The van der Waals surface area contributed by atoms with Crippen molar-refractivity contribution in [3.8, 4) is 0 Å². The predicted molar refractivity (Wildman–Crippen MR) is 80.2 cm³/mol. The molecule has 0 saturated carbocycles. The first kappa shape index (κ1) is 14.5. The zero-order chi connectivity index (χ0) is 12.6. The van der Waals surface area contributed by atoms with Crippen molar-refractivity contribution in [1.29, 1.82) is 0 Å². The Morgan fingerprint density at radius 3 is 3.00 bits per heavy atom. The van der Waals surface area contributed by atoms with Crippen LogP contribution in [0.2, 0.25) is 0 Å². The number of hydrogen-bond donors (Lipinski definition) is 2. The highest BCUT2D eigenvalue weighted by atomic mass is 79.9. The van der Waals surface area contributed by atoms with E-state index in [1.54, 1.807) is 11.3 Å². The molecule has 0 aromatic carbocycles. The summed E-state index contributed by atoms with van der Waals surface area (Å²) in [6, 6.07) is 2.10. The zero-order valence-electron chi connectivity index (χ0n) is 10.6. The summed E-state index contributed by atoms with van der Waals surface area (Å²) < 4.78 is 7.07. The lowest BCUT2D eigenvalue weighted by Gasteiger charge is -2.22. The molecule has 0 aliphatic carbocycles. The molecule has 0 radical (unpaired) electrons. The molecule has 18 heavy (non-hydrogen) atoms. The molecule has 1 aliphatic rings. The molecule has 1 aromatic rings. The Bertz CT molecular complexity index is 339. The fourth-order valence-electron chi connectivity index (χ4n) is 2.06. The summed E-state index contributed by atoms with van der Waals surface area (Å²) >= 11 is 5.33. The van der Waals surface area contributed by atoms with Crippen molar-refractivity contribution in [3.63, 3.8) is 0 Å². The minimum Gasteiger partial charge on any atom is -0.378 e. The largest absolute Gasteiger partial charge is 0.378 e. The van der Waals surface area contributed by atoms with Crippen molar-refractivity contribution < 1.29 is 4.74 Å². The Balaban J connectivity index is 1.47. The molecule has 0 spiro atoms. The van der Waals surface area contributed by atoms with E-state index in [1.807, 2.05) is 0 Å². The van der Waals surface area contributed by atoms with E-state index in [-0.39, 0.29) is 0 Å². The number of halogens is 1. The van der Waals surface area contributed by atoms with Gasteiger partial charge in [0.1, 0.15) is 0 Å². The van der Waals surface area contributed by atoms with Crippen molar-refractivity contribution in [2.45, 2.75) is 31.9 Å². The maximum absolute atomic E-state index is 5.86. The molecule has 1 aliphatic heterocycles. The van der Waals surface area contributed by atoms with Crippen molar-refractivity contribution in [2.24, 2.45) is 0 Å². The summed E-state index contributed by atoms with van der Waals surface area (Å²) in [5, 5.41) is 8.92. The number of piperidine rings is 1. The van der Waals surface area contributed by atoms with Gasteiger partial charge in [0.25, 0.3) is 0 Å². The molecule has 0 atom stereocenters. The quantitative estimate of drug-likeness (QED) is 0.753. The highest BCUT2D eigenvalue weighted by Gasteiger charge is 2.12. The van der Waals surface area contributed by atoms with Gasteiger partial charge in [0.2, 0.25) is 0 Å². The van der Waals surface area contributed by atoms with Gasteiger partial charge < -0.3 is 15.4 Å². The smallest absolute Gasteiger partial charge is 0.0599 e. The third-order valence-electron chi connectivity index (χ3n) is 3.11. The minimum absolute atomic E-state index is 0.484. The van der Waals surface area contributed by atoms with Crippen LogP contribution < -0.4 is 10.6 Å². The van der Waals surface area contributed by atoms with Gasteiger partial charge in [0.05, 0.1) is 6.10 Å². The maximum Gasteiger partial charge on any atom is 0.0599 e. The Morgan fingerprint density at radius 1 is 1.44 bits per heavy atom. The van der Waals surface area contributed by atoms with Gasteiger partial charge in [-0.3, -0.25) is 0 Å². The van der Waals surface area contributed by atoms with Gasteiger partial charge in [0.15, 0.2) is 0 Å². The van der Waals surface area contributed by atoms with Crippen LogP contribution in [0.5, 0.6) is 0 Å². The second-order valence-corrected chi connectivity index (χ2v) is 6.40. The monoisotopic (exact) mass is 332 g/mol. The van der Waals surface area contributed by atoms with Gasteiger partial charge in [-0.1, -0.05) is 0 Å². The number of hydrogen-bond acceptors (Lipinski definition) is 4. The van der Waals surface area contributed by atoms with E-state index in [4.69, 9.17) is 4.74 Å². The summed E-state index contributed by atoms with van der Waals surface area (Å²) in [6.07, 6.45) is 3.90. The van der Waals surface area contributed by atoms with E-state index >= 15 is 0 Å². The molecule has 2 rings (SSSR count). The second-order valence-electron chi connectivity index (χ2n) is 4.54. The Morgan fingerprint density at radius 2 is 2.28 bits per heavy atom. The van der Waals surface area contributed by atoms with Crippen LogP contribution in [0.1, 0.15) is 24.1 Å². The van der Waals surface area contributed by atoms with Gasteiger partial charge in [-0.2, -0.15) is 0 Å². The van der Waals surface area contributed by atoms with Gasteiger partial charge >= 0.3 is 0 Å². The Hall–Kier alpha value is 0.0600. The molecular weight excluding hydrogens is 312 g/mol. The molecular formula is C13H21BrN2OS.